The van der Waals surface area contributed by atoms with Crippen molar-refractivity contribution in [2.24, 2.45) is 0 Å². The number of thiophene rings is 1. The summed E-state index contributed by atoms with van der Waals surface area (Å²) in [5.41, 5.74) is -0.442. The lowest BCUT2D eigenvalue weighted by atomic mass is 9.91. The van der Waals surface area contributed by atoms with Gasteiger partial charge in [-0.3, -0.25) is 0 Å². The summed E-state index contributed by atoms with van der Waals surface area (Å²) in [5.74, 6) is 0. The van der Waals surface area contributed by atoms with E-state index in [4.69, 9.17) is 4.74 Å². The molecule has 0 aromatic carbocycles. The lowest BCUT2D eigenvalue weighted by Crippen LogP contribution is -2.45. The van der Waals surface area contributed by atoms with Crippen LogP contribution in [-0.4, -0.2) is 23.8 Å². The number of carbonyl (C=O) groups is 1. The average molecular weight is 389 g/mol. The lowest BCUT2D eigenvalue weighted by molar-refractivity contribution is 0.0488. The van der Waals surface area contributed by atoms with Gasteiger partial charge in [0.15, 0.2) is 0 Å². The molecule has 22 heavy (non-hydrogen) atoms. The highest BCUT2D eigenvalue weighted by Crippen LogP contribution is 2.22. The second-order valence-electron chi connectivity index (χ2n) is 6.82. The van der Waals surface area contributed by atoms with Gasteiger partial charge in [-0.15, -0.1) is 11.3 Å². The van der Waals surface area contributed by atoms with E-state index in [0.29, 0.717) is 6.04 Å². The third-order valence-electron chi connectivity index (χ3n) is 3.58. The summed E-state index contributed by atoms with van der Waals surface area (Å²) in [6.07, 6.45) is 3.99. The zero-order chi connectivity index (χ0) is 16.2. The molecular formula is C16H25BrN2O2S. The van der Waals surface area contributed by atoms with Gasteiger partial charge in [-0.2, -0.15) is 0 Å². The van der Waals surface area contributed by atoms with Crippen LogP contribution in [0.5, 0.6) is 0 Å². The first-order chi connectivity index (χ1) is 10.3. The molecule has 4 nitrogen and oxygen atoms in total. The van der Waals surface area contributed by atoms with E-state index in [9.17, 15) is 4.79 Å². The molecule has 6 heteroatoms. The van der Waals surface area contributed by atoms with Crippen molar-refractivity contribution < 1.29 is 9.53 Å². The number of rotatable bonds is 4. The quantitative estimate of drug-likeness (QED) is 0.801. The van der Waals surface area contributed by atoms with Crippen LogP contribution in [0.4, 0.5) is 4.79 Å². The molecule has 2 rings (SSSR count). The fourth-order valence-electron chi connectivity index (χ4n) is 2.67. The molecule has 0 bridgehead atoms. The summed E-state index contributed by atoms with van der Waals surface area (Å²) in [5, 5.41) is 8.70. The molecule has 1 saturated carbocycles. The van der Waals surface area contributed by atoms with Crippen LogP contribution in [0.25, 0.3) is 0 Å². The molecular weight excluding hydrogens is 364 g/mol. The minimum atomic E-state index is -0.442. The van der Waals surface area contributed by atoms with Crippen LogP contribution in [-0.2, 0) is 11.3 Å². The topological polar surface area (TPSA) is 50.4 Å². The van der Waals surface area contributed by atoms with E-state index >= 15 is 0 Å². The lowest BCUT2D eigenvalue weighted by Gasteiger charge is -2.31. The van der Waals surface area contributed by atoms with Crippen molar-refractivity contribution in [3.63, 3.8) is 0 Å². The SMILES string of the molecule is CC(C)(C)OC(=O)NC1CCCC(NCc2cc(Br)cs2)C1. The second kappa shape index (κ2) is 7.79. The maximum Gasteiger partial charge on any atom is 0.407 e. The number of nitrogens with one attached hydrogen (secondary N) is 2. The highest BCUT2D eigenvalue weighted by molar-refractivity contribution is 9.10. The van der Waals surface area contributed by atoms with Crippen LogP contribution in [0.1, 0.15) is 51.3 Å². The molecule has 0 saturated heterocycles. The standard InChI is InChI=1S/C16H25BrN2O2S/c1-16(2,3)21-15(20)19-13-6-4-5-12(8-13)18-9-14-7-11(17)10-22-14/h7,10,12-13,18H,4-6,8-9H2,1-3H3,(H,19,20). The summed E-state index contributed by atoms with van der Waals surface area (Å²) < 4.78 is 6.47. The molecule has 1 heterocycles. The van der Waals surface area contributed by atoms with Crippen LogP contribution in [0.15, 0.2) is 15.9 Å². The first-order valence-electron chi connectivity index (χ1n) is 7.77. The van der Waals surface area contributed by atoms with E-state index in [2.05, 4.69) is 38.0 Å². The first-order valence-corrected chi connectivity index (χ1v) is 9.45. The predicted octanol–water partition coefficient (Wildman–Crippen LogP) is 4.44. The van der Waals surface area contributed by atoms with E-state index in [1.165, 1.54) is 11.3 Å². The number of hydrogen-bond donors (Lipinski definition) is 2. The number of carbonyl (C=O) groups excluding carboxylic acids is 1. The van der Waals surface area contributed by atoms with Crippen LogP contribution in [0.2, 0.25) is 0 Å². The Morgan fingerprint density at radius 2 is 2.14 bits per heavy atom. The van der Waals surface area contributed by atoms with Crippen molar-refractivity contribution in [1.29, 1.82) is 0 Å². The van der Waals surface area contributed by atoms with Crippen molar-refractivity contribution in [3.05, 3.63) is 20.8 Å². The maximum atomic E-state index is 11.9. The number of hydrogen-bond acceptors (Lipinski definition) is 4. The zero-order valence-corrected chi connectivity index (χ0v) is 15.9. The Morgan fingerprint density at radius 3 is 2.77 bits per heavy atom. The van der Waals surface area contributed by atoms with Gasteiger partial charge in [-0.05, 0) is 68.5 Å². The molecule has 0 radical (unpaired) electrons. The molecule has 1 aromatic rings. The predicted molar refractivity (Wildman–Crippen MR) is 94.3 cm³/mol. The molecule has 1 fully saturated rings. The smallest absolute Gasteiger partial charge is 0.407 e. The number of ether oxygens (including phenoxy) is 1. The van der Waals surface area contributed by atoms with Crippen LogP contribution >= 0.6 is 27.3 Å². The van der Waals surface area contributed by atoms with E-state index < -0.39 is 5.60 Å². The van der Waals surface area contributed by atoms with Gasteiger partial charge in [0.05, 0.1) is 0 Å². The van der Waals surface area contributed by atoms with Crippen LogP contribution in [0, 0.1) is 0 Å². The van der Waals surface area contributed by atoms with Gasteiger partial charge in [-0.1, -0.05) is 0 Å². The van der Waals surface area contributed by atoms with Crippen molar-refractivity contribution in [3.8, 4) is 0 Å². The van der Waals surface area contributed by atoms with Gasteiger partial charge in [-0.25, -0.2) is 4.79 Å². The summed E-state index contributed by atoms with van der Waals surface area (Å²) in [7, 11) is 0. The van der Waals surface area contributed by atoms with Crippen molar-refractivity contribution in [2.45, 2.75) is 70.7 Å². The largest absolute Gasteiger partial charge is 0.444 e. The molecule has 2 atom stereocenters. The van der Waals surface area contributed by atoms with Crippen LogP contribution < -0.4 is 10.6 Å². The maximum absolute atomic E-state index is 11.9. The molecule has 0 spiro atoms. The summed E-state index contributed by atoms with van der Waals surface area (Å²) in [6, 6.07) is 2.81. The van der Waals surface area contributed by atoms with Crippen LogP contribution in [0.3, 0.4) is 0 Å². The Bertz CT molecular complexity index is 499. The molecule has 1 amide bonds. The zero-order valence-electron chi connectivity index (χ0n) is 13.4. The number of amides is 1. The monoisotopic (exact) mass is 388 g/mol. The molecule has 1 aliphatic rings. The fourth-order valence-corrected chi connectivity index (χ4v) is 4.07. The van der Waals surface area contributed by atoms with Gasteiger partial charge >= 0.3 is 6.09 Å². The van der Waals surface area contributed by atoms with E-state index in [0.717, 1.165) is 30.3 Å². The summed E-state index contributed by atoms with van der Waals surface area (Å²) in [4.78, 5) is 13.2. The molecule has 2 unspecified atom stereocenters. The minimum absolute atomic E-state index is 0.205. The minimum Gasteiger partial charge on any atom is -0.444 e. The van der Waals surface area contributed by atoms with Gasteiger partial charge in [0.2, 0.25) is 0 Å². The number of alkyl carbamates (subject to hydrolysis) is 1. The normalized spacial score (nSPS) is 22.4. The Balaban J connectivity index is 1.75. The fraction of sp³-hybridized carbons (Fsp3) is 0.688. The molecule has 0 aliphatic heterocycles. The molecule has 2 N–H and O–H groups in total. The van der Waals surface area contributed by atoms with Gasteiger partial charge < -0.3 is 15.4 Å². The first kappa shape index (κ1) is 17.8. The Morgan fingerprint density at radius 1 is 1.41 bits per heavy atom. The summed E-state index contributed by atoms with van der Waals surface area (Å²) >= 11 is 5.24. The molecule has 1 aliphatic carbocycles. The third kappa shape index (κ3) is 6.26. The Hall–Kier alpha value is -0.590. The van der Waals surface area contributed by atoms with E-state index in [1.54, 1.807) is 11.3 Å². The van der Waals surface area contributed by atoms with Gasteiger partial charge in [0, 0.05) is 33.4 Å². The highest BCUT2D eigenvalue weighted by Gasteiger charge is 2.25. The van der Waals surface area contributed by atoms with E-state index in [-0.39, 0.29) is 12.1 Å². The Labute approximate surface area is 145 Å². The molecule has 1 aromatic heterocycles. The van der Waals surface area contributed by atoms with Crippen molar-refractivity contribution >= 4 is 33.4 Å². The van der Waals surface area contributed by atoms with Crippen molar-refractivity contribution in [2.75, 3.05) is 0 Å². The molecule has 124 valence electrons. The second-order valence-corrected chi connectivity index (χ2v) is 8.73. The highest BCUT2D eigenvalue weighted by atomic mass is 79.9. The third-order valence-corrected chi connectivity index (χ3v) is 5.28. The Kier molecular flexibility index (Phi) is 6.29. The van der Waals surface area contributed by atoms with Gasteiger partial charge in [0.1, 0.15) is 5.60 Å². The van der Waals surface area contributed by atoms with Gasteiger partial charge in [0.25, 0.3) is 0 Å². The van der Waals surface area contributed by atoms with E-state index in [1.807, 2.05) is 20.8 Å². The number of halogens is 1. The summed E-state index contributed by atoms with van der Waals surface area (Å²) in [6.45, 7) is 6.55. The average Bonchev–Trinajstić information content (AvgIpc) is 2.80. The van der Waals surface area contributed by atoms with Crippen molar-refractivity contribution in [1.82, 2.24) is 10.6 Å².